The van der Waals surface area contributed by atoms with Gasteiger partial charge >= 0.3 is 0 Å². The summed E-state index contributed by atoms with van der Waals surface area (Å²) in [4.78, 5) is 15.6. The largest absolute Gasteiger partial charge is 0.365 e. The fourth-order valence-electron chi connectivity index (χ4n) is 2.08. The molecule has 0 aromatic carbocycles. The van der Waals surface area contributed by atoms with Crippen LogP contribution in [-0.4, -0.2) is 15.0 Å². The van der Waals surface area contributed by atoms with Crippen molar-refractivity contribution in [3.05, 3.63) is 46.9 Å². The molecule has 0 saturated heterocycles. The van der Waals surface area contributed by atoms with Crippen LogP contribution in [0, 0.1) is 6.92 Å². The van der Waals surface area contributed by atoms with Crippen molar-refractivity contribution >= 4 is 27.4 Å². The molecule has 0 unspecified atom stereocenters. The van der Waals surface area contributed by atoms with Crippen LogP contribution in [0.4, 0.5) is 5.82 Å². The summed E-state index contributed by atoms with van der Waals surface area (Å²) in [5, 5.41) is 4.51. The van der Waals surface area contributed by atoms with E-state index in [2.05, 4.69) is 39.3 Å². The number of anilines is 1. The summed E-state index contributed by atoms with van der Waals surface area (Å²) in [5.41, 5.74) is 1.14. The molecule has 3 aromatic rings. The Balaban J connectivity index is 1.92. The third-order valence-corrected chi connectivity index (χ3v) is 4.26. The molecule has 3 heterocycles. The van der Waals surface area contributed by atoms with Gasteiger partial charge in [-0.2, -0.15) is 0 Å². The molecule has 102 valence electrons. The Labute approximate surface area is 121 Å². The van der Waals surface area contributed by atoms with Gasteiger partial charge in [-0.1, -0.05) is 13.0 Å². The summed E-state index contributed by atoms with van der Waals surface area (Å²) >= 11 is 1.74. The molecule has 0 aliphatic carbocycles. The predicted molar refractivity (Wildman–Crippen MR) is 83.1 cm³/mol. The summed E-state index contributed by atoms with van der Waals surface area (Å²) in [6.45, 7) is 4.81. The molecule has 20 heavy (non-hydrogen) atoms. The van der Waals surface area contributed by atoms with Crippen LogP contribution in [0.3, 0.4) is 0 Å². The molecular formula is C15H16N4S. The summed E-state index contributed by atoms with van der Waals surface area (Å²) in [6.07, 6.45) is 4.67. The number of aryl methyl sites for hydroxylation is 2. The zero-order valence-electron chi connectivity index (χ0n) is 11.6. The smallest absolute Gasteiger partial charge is 0.138 e. The Kier molecular flexibility index (Phi) is 3.60. The molecule has 0 fully saturated rings. The number of hydrogen-bond acceptors (Lipinski definition) is 5. The third kappa shape index (κ3) is 2.63. The lowest BCUT2D eigenvalue weighted by atomic mass is 10.2. The molecule has 0 atom stereocenters. The summed E-state index contributed by atoms with van der Waals surface area (Å²) in [6, 6.07) is 6.18. The highest BCUT2D eigenvalue weighted by Crippen LogP contribution is 2.29. The van der Waals surface area contributed by atoms with E-state index < -0.39 is 0 Å². The molecular weight excluding hydrogens is 268 g/mol. The van der Waals surface area contributed by atoms with Gasteiger partial charge in [0.1, 0.15) is 16.5 Å². The number of pyridine rings is 1. The average Bonchev–Trinajstić information content (AvgIpc) is 2.88. The number of rotatable bonds is 4. The first-order chi connectivity index (χ1) is 9.76. The standard InChI is InChI=1S/C15H16N4S/c1-3-12-7-13-14(18-10(2)19-15(13)20-12)17-9-11-5-4-6-16-8-11/h4-8H,3,9H2,1-2H3,(H,17,18,19). The van der Waals surface area contributed by atoms with Crippen LogP contribution < -0.4 is 5.32 Å². The maximum Gasteiger partial charge on any atom is 0.138 e. The highest BCUT2D eigenvalue weighted by molar-refractivity contribution is 7.18. The Morgan fingerprint density at radius 3 is 2.95 bits per heavy atom. The maximum absolute atomic E-state index is 4.53. The second-order valence-electron chi connectivity index (χ2n) is 4.62. The molecule has 5 heteroatoms. The van der Waals surface area contributed by atoms with Crippen molar-refractivity contribution in [2.45, 2.75) is 26.8 Å². The topological polar surface area (TPSA) is 50.7 Å². The van der Waals surface area contributed by atoms with Gasteiger partial charge < -0.3 is 5.32 Å². The van der Waals surface area contributed by atoms with Gasteiger partial charge in [-0.15, -0.1) is 11.3 Å². The summed E-state index contributed by atoms with van der Waals surface area (Å²) < 4.78 is 0. The fraction of sp³-hybridized carbons (Fsp3) is 0.267. The maximum atomic E-state index is 4.53. The lowest BCUT2D eigenvalue weighted by Crippen LogP contribution is -2.03. The monoisotopic (exact) mass is 284 g/mol. The van der Waals surface area contributed by atoms with Crippen LogP contribution >= 0.6 is 11.3 Å². The van der Waals surface area contributed by atoms with Gasteiger partial charge in [0.15, 0.2) is 0 Å². The normalized spacial score (nSPS) is 10.9. The lowest BCUT2D eigenvalue weighted by Gasteiger charge is -2.07. The minimum absolute atomic E-state index is 0.719. The van der Waals surface area contributed by atoms with Gasteiger partial charge in [-0.05, 0) is 31.0 Å². The molecule has 0 aliphatic heterocycles. The van der Waals surface area contributed by atoms with Crippen LogP contribution in [0.5, 0.6) is 0 Å². The van der Waals surface area contributed by atoms with Gasteiger partial charge in [0.2, 0.25) is 0 Å². The summed E-state index contributed by atoms with van der Waals surface area (Å²) in [5.74, 6) is 1.71. The van der Waals surface area contributed by atoms with Crippen molar-refractivity contribution in [2.75, 3.05) is 5.32 Å². The van der Waals surface area contributed by atoms with Crippen LogP contribution in [0.1, 0.15) is 23.2 Å². The van der Waals surface area contributed by atoms with Crippen molar-refractivity contribution in [1.29, 1.82) is 0 Å². The Morgan fingerprint density at radius 2 is 2.20 bits per heavy atom. The molecule has 0 radical (unpaired) electrons. The van der Waals surface area contributed by atoms with Crippen LogP contribution in [-0.2, 0) is 13.0 Å². The lowest BCUT2D eigenvalue weighted by molar-refractivity contribution is 1.05. The number of aromatic nitrogens is 3. The molecule has 0 saturated carbocycles. The average molecular weight is 284 g/mol. The molecule has 1 N–H and O–H groups in total. The number of nitrogens with zero attached hydrogens (tertiary/aromatic N) is 3. The van der Waals surface area contributed by atoms with Gasteiger partial charge in [0.05, 0.1) is 5.39 Å². The Hall–Kier alpha value is -2.01. The molecule has 0 aliphatic rings. The van der Waals surface area contributed by atoms with Gasteiger partial charge in [-0.25, -0.2) is 9.97 Å². The van der Waals surface area contributed by atoms with Crippen molar-refractivity contribution in [3.63, 3.8) is 0 Å². The first kappa shape index (κ1) is 13.0. The number of nitrogens with one attached hydrogen (secondary N) is 1. The van der Waals surface area contributed by atoms with Crippen LogP contribution in [0.15, 0.2) is 30.6 Å². The highest BCUT2D eigenvalue weighted by atomic mass is 32.1. The fourth-order valence-corrected chi connectivity index (χ4v) is 3.09. The van der Waals surface area contributed by atoms with Crippen LogP contribution in [0.25, 0.3) is 10.2 Å². The molecule has 0 amide bonds. The number of thiophene rings is 1. The van der Waals surface area contributed by atoms with E-state index in [0.717, 1.165) is 40.4 Å². The Bertz CT molecular complexity index is 721. The van der Waals surface area contributed by atoms with E-state index in [-0.39, 0.29) is 0 Å². The minimum Gasteiger partial charge on any atom is -0.365 e. The highest BCUT2D eigenvalue weighted by Gasteiger charge is 2.09. The van der Waals surface area contributed by atoms with Crippen molar-refractivity contribution in [2.24, 2.45) is 0 Å². The van der Waals surface area contributed by atoms with Crippen molar-refractivity contribution in [3.8, 4) is 0 Å². The zero-order valence-corrected chi connectivity index (χ0v) is 12.4. The van der Waals surface area contributed by atoms with E-state index in [4.69, 9.17) is 0 Å². The van der Waals surface area contributed by atoms with Gasteiger partial charge in [-0.3, -0.25) is 4.98 Å². The third-order valence-electron chi connectivity index (χ3n) is 3.09. The van der Waals surface area contributed by atoms with Gasteiger partial charge in [0.25, 0.3) is 0 Å². The first-order valence-electron chi connectivity index (χ1n) is 6.66. The SMILES string of the molecule is CCc1cc2c(NCc3cccnc3)nc(C)nc2s1. The number of fused-ring (bicyclic) bond motifs is 1. The van der Waals surface area contributed by atoms with E-state index in [9.17, 15) is 0 Å². The van der Waals surface area contributed by atoms with Gasteiger partial charge in [0, 0.05) is 23.8 Å². The molecule has 4 nitrogen and oxygen atoms in total. The zero-order chi connectivity index (χ0) is 13.9. The van der Waals surface area contributed by atoms with E-state index in [1.165, 1.54) is 4.88 Å². The van der Waals surface area contributed by atoms with E-state index in [0.29, 0.717) is 0 Å². The first-order valence-corrected chi connectivity index (χ1v) is 7.47. The quantitative estimate of drug-likeness (QED) is 0.795. The molecule has 3 rings (SSSR count). The van der Waals surface area contributed by atoms with E-state index in [1.807, 2.05) is 19.2 Å². The second kappa shape index (κ2) is 5.54. The van der Waals surface area contributed by atoms with Crippen molar-refractivity contribution in [1.82, 2.24) is 15.0 Å². The predicted octanol–water partition coefficient (Wildman–Crippen LogP) is 3.57. The van der Waals surface area contributed by atoms with E-state index >= 15 is 0 Å². The van der Waals surface area contributed by atoms with E-state index in [1.54, 1.807) is 17.5 Å². The minimum atomic E-state index is 0.719. The molecule has 0 spiro atoms. The molecule has 0 bridgehead atoms. The number of hydrogen-bond donors (Lipinski definition) is 1. The van der Waals surface area contributed by atoms with Crippen LogP contribution in [0.2, 0.25) is 0 Å². The second-order valence-corrected chi connectivity index (χ2v) is 5.73. The molecule has 3 aromatic heterocycles. The summed E-state index contributed by atoms with van der Waals surface area (Å²) in [7, 11) is 0. The van der Waals surface area contributed by atoms with Crippen molar-refractivity contribution < 1.29 is 0 Å². The Morgan fingerprint density at radius 1 is 1.30 bits per heavy atom.